The minimum atomic E-state index is -0.793. The third-order valence-electron chi connectivity index (χ3n) is 7.53. The van der Waals surface area contributed by atoms with Gasteiger partial charge in [-0.15, -0.1) is 0 Å². The molecule has 1 aromatic rings. The summed E-state index contributed by atoms with van der Waals surface area (Å²) in [5, 5.41) is 13.5. The molecule has 1 heterocycles. The molecule has 1 aromatic carbocycles. The molecule has 0 spiro atoms. The van der Waals surface area contributed by atoms with Gasteiger partial charge in [-0.05, 0) is 44.6 Å². The van der Waals surface area contributed by atoms with Crippen LogP contribution < -0.4 is 5.32 Å². The van der Waals surface area contributed by atoms with E-state index in [2.05, 4.69) is 19.2 Å². The molecule has 2 aliphatic rings. The number of hydrogen-bond acceptors (Lipinski definition) is 5. The molecule has 1 fully saturated rings. The second kappa shape index (κ2) is 13.0. The summed E-state index contributed by atoms with van der Waals surface area (Å²) < 4.78 is 5.43. The van der Waals surface area contributed by atoms with Crippen molar-refractivity contribution in [2.24, 2.45) is 23.7 Å². The summed E-state index contributed by atoms with van der Waals surface area (Å²) in [6.07, 6.45) is 7.77. The van der Waals surface area contributed by atoms with E-state index in [4.69, 9.17) is 4.74 Å². The molecular formula is C29H42N2O5. The molecule has 2 N–H and O–H groups in total. The van der Waals surface area contributed by atoms with Crippen LogP contribution in [0.3, 0.4) is 0 Å². The molecule has 1 unspecified atom stereocenters. The Morgan fingerprint density at radius 3 is 2.44 bits per heavy atom. The van der Waals surface area contributed by atoms with Gasteiger partial charge >= 0.3 is 5.97 Å². The highest BCUT2D eigenvalue weighted by atomic mass is 16.5. The number of fused-ring (bicyclic) bond motifs is 1. The molecule has 0 radical (unpaired) electrons. The molecular weight excluding hydrogens is 456 g/mol. The second-order valence-electron chi connectivity index (χ2n) is 10.1. The lowest BCUT2D eigenvalue weighted by Gasteiger charge is -2.34. The Bertz CT molecular complexity index is 917. The van der Waals surface area contributed by atoms with Crippen molar-refractivity contribution in [1.29, 1.82) is 0 Å². The smallest absolute Gasteiger partial charge is 0.310 e. The van der Waals surface area contributed by atoms with Crippen LogP contribution in [0.2, 0.25) is 0 Å². The number of amides is 2. The van der Waals surface area contributed by atoms with Crippen LogP contribution in [0.15, 0.2) is 42.5 Å². The number of nitrogens with zero attached hydrogens (tertiary/aromatic N) is 1. The normalized spacial score (nSPS) is 26.9. The van der Waals surface area contributed by atoms with E-state index in [0.29, 0.717) is 6.42 Å². The van der Waals surface area contributed by atoms with Crippen LogP contribution in [-0.4, -0.2) is 59.1 Å². The summed E-state index contributed by atoms with van der Waals surface area (Å²) in [5.74, 6) is -2.77. The lowest BCUT2D eigenvalue weighted by atomic mass is 9.68. The number of likely N-dealkylation sites (tertiary alicyclic amines) is 1. The van der Waals surface area contributed by atoms with Crippen molar-refractivity contribution in [3.63, 3.8) is 0 Å². The van der Waals surface area contributed by atoms with Crippen molar-refractivity contribution >= 4 is 17.8 Å². The van der Waals surface area contributed by atoms with Crippen molar-refractivity contribution in [2.75, 3.05) is 13.2 Å². The van der Waals surface area contributed by atoms with E-state index in [1.807, 2.05) is 49.4 Å². The molecule has 7 heteroatoms. The molecule has 198 valence electrons. The predicted molar refractivity (Wildman–Crippen MR) is 139 cm³/mol. The Morgan fingerprint density at radius 1 is 1.11 bits per heavy atom. The first kappa shape index (κ1) is 27.9. The van der Waals surface area contributed by atoms with Gasteiger partial charge in [0.1, 0.15) is 6.04 Å². The van der Waals surface area contributed by atoms with E-state index in [9.17, 15) is 19.5 Å². The number of ether oxygens (including phenoxy) is 1. The number of aliphatic hydroxyl groups is 1. The molecule has 36 heavy (non-hydrogen) atoms. The van der Waals surface area contributed by atoms with E-state index in [-0.39, 0.29) is 43.0 Å². The molecule has 1 saturated heterocycles. The minimum Gasteiger partial charge on any atom is -0.466 e. The molecule has 0 saturated carbocycles. The van der Waals surface area contributed by atoms with Crippen molar-refractivity contribution < 1.29 is 24.2 Å². The molecule has 0 aromatic heterocycles. The summed E-state index contributed by atoms with van der Waals surface area (Å²) in [4.78, 5) is 42.5. The SMILES string of the molecule is CCCC(C)NC(=O)[C@@H]1[C@H]2C=C[C@@H](CCC)[C@@H](C(=O)OCC)[C@@H]2C(=O)N1[C@@H](CO)Cc1ccccc1. The molecule has 7 nitrogen and oxygen atoms in total. The maximum atomic E-state index is 14.1. The first-order valence-electron chi connectivity index (χ1n) is 13.5. The van der Waals surface area contributed by atoms with Gasteiger partial charge in [0.15, 0.2) is 0 Å². The van der Waals surface area contributed by atoms with E-state index in [0.717, 1.165) is 31.2 Å². The van der Waals surface area contributed by atoms with Crippen LogP contribution in [-0.2, 0) is 25.5 Å². The van der Waals surface area contributed by atoms with Gasteiger partial charge in [0.05, 0.1) is 31.1 Å². The van der Waals surface area contributed by atoms with Gasteiger partial charge in [0.2, 0.25) is 11.8 Å². The van der Waals surface area contributed by atoms with Gasteiger partial charge in [-0.25, -0.2) is 0 Å². The zero-order chi connectivity index (χ0) is 26.2. The molecule has 7 atom stereocenters. The average Bonchev–Trinajstić information content (AvgIpc) is 3.15. The molecule has 2 amide bonds. The highest BCUT2D eigenvalue weighted by molar-refractivity contribution is 5.96. The molecule has 1 aliphatic carbocycles. The number of carbonyl (C=O) groups is 3. The highest BCUT2D eigenvalue weighted by Crippen LogP contribution is 2.46. The number of esters is 1. The second-order valence-corrected chi connectivity index (χ2v) is 10.1. The number of hydrogen-bond donors (Lipinski definition) is 2. The fourth-order valence-electron chi connectivity index (χ4n) is 5.98. The fraction of sp³-hybridized carbons (Fsp3) is 0.621. The first-order valence-corrected chi connectivity index (χ1v) is 13.5. The molecule has 0 bridgehead atoms. The van der Waals surface area contributed by atoms with Crippen LogP contribution >= 0.6 is 0 Å². The average molecular weight is 499 g/mol. The number of nitrogens with one attached hydrogen (secondary N) is 1. The summed E-state index contributed by atoms with van der Waals surface area (Å²) in [6, 6.07) is 8.24. The predicted octanol–water partition coefficient (Wildman–Crippen LogP) is 3.50. The minimum absolute atomic E-state index is 0.0403. The maximum Gasteiger partial charge on any atom is 0.310 e. The standard InChI is InChI=1S/C29H42N2O5/c1-5-11-19(4)30-27(33)26-23-16-15-21(12-6-2)24(29(35)36-7-3)25(23)28(34)31(26)22(18-32)17-20-13-9-8-10-14-20/h8-10,13-16,19,21-26,32H,5-7,11-12,17-18H2,1-4H3,(H,30,33)/t19?,21-,22-,23+,24-,25-,26+/m1/s1. The summed E-state index contributed by atoms with van der Waals surface area (Å²) in [5.41, 5.74) is 0.971. The molecule has 3 rings (SSSR count). The van der Waals surface area contributed by atoms with Gasteiger partial charge in [-0.3, -0.25) is 14.4 Å². The summed E-state index contributed by atoms with van der Waals surface area (Å²) >= 11 is 0. The third-order valence-corrected chi connectivity index (χ3v) is 7.53. The Balaban J connectivity index is 2.03. The number of allylic oxidation sites excluding steroid dienone is 1. The molecule has 1 aliphatic heterocycles. The Labute approximate surface area is 215 Å². The first-order chi connectivity index (χ1) is 17.4. The summed E-state index contributed by atoms with van der Waals surface area (Å²) in [6.45, 7) is 7.80. The van der Waals surface area contributed by atoms with Crippen molar-refractivity contribution in [3.05, 3.63) is 48.0 Å². The number of benzene rings is 1. The van der Waals surface area contributed by atoms with Gasteiger partial charge in [0.25, 0.3) is 0 Å². The lowest BCUT2D eigenvalue weighted by Crippen LogP contribution is -2.54. The Hall–Kier alpha value is -2.67. The van der Waals surface area contributed by atoms with E-state index >= 15 is 0 Å². The van der Waals surface area contributed by atoms with Crippen molar-refractivity contribution in [1.82, 2.24) is 10.2 Å². The van der Waals surface area contributed by atoms with E-state index in [1.165, 1.54) is 0 Å². The van der Waals surface area contributed by atoms with Crippen molar-refractivity contribution in [2.45, 2.75) is 77.9 Å². The van der Waals surface area contributed by atoms with Crippen LogP contribution in [0.1, 0.15) is 58.9 Å². The number of aliphatic hydroxyl groups excluding tert-OH is 1. The topological polar surface area (TPSA) is 95.9 Å². The third kappa shape index (κ3) is 6.00. The number of rotatable bonds is 12. The van der Waals surface area contributed by atoms with Crippen molar-refractivity contribution in [3.8, 4) is 0 Å². The lowest BCUT2D eigenvalue weighted by molar-refractivity contribution is -0.156. The zero-order valence-corrected chi connectivity index (χ0v) is 22.1. The van der Waals surface area contributed by atoms with Gasteiger partial charge < -0.3 is 20.1 Å². The van der Waals surface area contributed by atoms with Crippen LogP contribution in [0.4, 0.5) is 0 Å². The quantitative estimate of drug-likeness (QED) is 0.340. The largest absolute Gasteiger partial charge is 0.466 e. The van der Waals surface area contributed by atoms with E-state index < -0.39 is 29.8 Å². The Kier molecular flexibility index (Phi) is 10.1. The number of carbonyl (C=O) groups excluding carboxylic acids is 3. The maximum absolute atomic E-state index is 14.1. The van der Waals surface area contributed by atoms with Gasteiger partial charge in [-0.1, -0.05) is 69.2 Å². The highest BCUT2D eigenvalue weighted by Gasteiger charge is 2.58. The summed E-state index contributed by atoms with van der Waals surface area (Å²) in [7, 11) is 0. The van der Waals surface area contributed by atoms with E-state index in [1.54, 1.807) is 11.8 Å². The van der Waals surface area contributed by atoms with Crippen LogP contribution in [0.25, 0.3) is 0 Å². The Morgan fingerprint density at radius 2 is 1.83 bits per heavy atom. The van der Waals surface area contributed by atoms with Gasteiger partial charge in [-0.2, -0.15) is 0 Å². The fourth-order valence-corrected chi connectivity index (χ4v) is 5.98. The van der Waals surface area contributed by atoms with Gasteiger partial charge in [0, 0.05) is 12.0 Å². The zero-order valence-electron chi connectivity index (χ0n) is 22.1. The van der Waals surface area contributed by atoms with Crippen LogP contribution in [0.5, 0.6) is 0 Å². The van der Waals surface area contributed by atoms with Crippen LogP contribution in [0, 0.1) is 23.7 Å². The monoisotopic (exact) mass is 498 g/mol.